The van der Waals surface area contributed by atoms with E-state index in [2.05, 4.69) is 6.58 Å². The Hall–Kier alpha value is -0.750. The molecule has 3 rings (SSSR count). The Labute approximate surface area is 125 Å². The minimum atomic E-state index is -0.928. The van der Waals surface area contributed by atoms with Crippen LogP contribution in [0.2, 0.25) is 0 Å². The van der Waals surface area contributed by atoms with Gasteiger partial charge in [0.25, 0.3) is 0 Å². The molecule has 4 atom stereocenters. The Morgan fingerprint density at radius 1 is 1.43 bits per heavy atom. The van der Waals surface area contributed by atoms with E-state index in [1.54, 1.807) is 13.2 Å². The summed E-state index contributed by atoms with van der Waals surface area (Å²) in [6.45, 7) is 7.91. The van der Waals surface area contributed by atoms with Crippen LogP contribution in [0.25, 0.3) is 0 Å². The van der Waals surface area contributed by atoms with Gasteiger partial charge in [-0.15, -0.1) is 6.58 Å². The molecule has 0 radical (unpaired) electrons. The predicted octanol–water partition coefficient (Wildman–Crippen LogP) is 2.19. The van der Waals surface area contributed by atoms with Crippen LogP contribution in [0.15, 0.2) is 12.7 Å². The van der Waals surface area contributed by atoms with Gasteiger partial charge >= 0.3 is 0 Å². The first-order valence-corrected chi connectivity index (χ1v) is 7.52. The van der Waals surface area contributed by atoms with Crippen molar-refractivity contribution in [3.05, 3.63) is 12.7 Å². The van der Waals surface area contributed by atoms with E-state index in [0.29, 0.717) is 19.3 Å². The Morgan fingerprint density at radius 2 is 2.19 bits per heavy atom. The number of ether oxygens (including phenoxy) is 4. The summed E-state index contributed by atoms with van der Waals surface area (Å²) in [5.41, 5.74) is -0.979. The van der Waals surface area contributed by atoms with Gasteiger partial charge in [-0.05, 0) is 26.7 Å². The molecule has 0 aromatic rings. The standard InChI is InChI=1S/C16H24O5/c1-5-6-11-7-15-9-13(14(2,3)18-4)21-16(15,8-12(11)17)20-10-19-15/h5,11,13H,1,6-10H2,2-4H3/t11-,13+,15+,16-/m0/s1. The highest BCUT2D eigenvalue weighted by Crippen LogP contribution is 2.57. The molecule has 5 heteroatoms. The number of ketones is 1. The number of methoxy groups -OCH3 is 1. The maximum absolute atomic E-state index is 12.4. The quantitative estimate of drug-likeness (QED) is 0.744. The normalized spacial score (nSPS) is 42.7. The van der Waals surface area contributed by atoms with Crippen molar-refractivity contribution >= 4 is 5.78 Å². The number of allylic oxidation sites excluding steroid dienone is 1. The van der Waals surface area contributed by atoms with Crippen LogP contribution in [-0.2, 0) is 23.7 Å². The zero-order valence-corrected chi connectivity index (χ0v) is 13.0. The number of hydrogen-bond donors (Lipinski definition) is 0. The summed E-state index contributed by atoms with van der Waals surface area (Å²) in [5, 5.41) is 0. The second-order valence-corrected chi connectivity index (χ2v) is 6.84. The van der Waals surface area contributed by atoms with Crippen molar-refractivity contribution in [2.75, 3.05) is 13.9 Å². The summed E-state index contributed by atoms with van der Waals surface area (Å²) in [6.07, 6.45) is 3.90. The largest absolute Gasteiger partial charge is 0.376 e. The Morgan fingerprint density at radius 3 is 2.86 bits per heavy atom. The summed E-state index contributed by atoms with van der Waals surface area (Å²) < 4.78 is 23.5. The van der Waals surface area contributed by atoms with E-state index in [4.69, 9.17) is 18.9 Å². The number of Topliss-reactive ketones (excluding diaryl/α,β-unsaturated/α-hetero) is 1. The Balaban J connectivity index is 1.91. The van der Waals surface area contributed by atoms with Crippen LogP contribution in [0.5, 0.6) is 0 Å². The highest BCUT2D eigenvalue weighted by Gasteiger charge is 2.70. The van der Waals surface area contributed by atoms with Crippen molar-refractivity contribution in [3.63, 3.8) is 0 Å². The molecule has 21 heavy (non-hydrogen) atoms. The van der Waals surface area contributed by atoms with Crippen LogP contribution < -0.4 is 0 Å². The van der Waals surface area contributed by atoms with E-state index in [-0.39, 0.29) is 31.0 Å². The molecule has 2 saturated heterocycles. The topological polar surface area (TPSA) is 54.0 Å². The first-order chi connectivity index (χ1) is 9.88. The molecule has 3 fully saturated rings. The van der Waals surface area contributed by atoms with Gasteiger partial charge in [0.1, 0.15) is 11.4 Å². The van der Waals surface area contributed by atoms with Crippen molar-refractivity contribution in [3.8, 4) is 0 Å². The van der Waals surface area contributed by atoms with Gasteiger partial charge in [-0.3, -0.25) is 4.79 Å². The maximum atomic E-state index is 12.4. The van der Waals surface area contributed by atoms with Gasteiger partial charge in [-0.25, -0.2) is 0 Å². The molecule has 118 valence electrons. The molecule has 0 spiro atoms. The van der Waals surface area contributed by atoms with Crippen molar-refractivity contribution in [2.24, 2.45) is 5.92 Å². The molecule has 2 heterocycles. The number of hydrogen-bond acceptors (Lipinski definition) is 5. The summed E-state index contributed by atoms with van der Waals surface area (Å²) >= 11 is 0. The van der Waals surface area contributed by atoms with Crippen LogP contribution in [-0.4, -0.2) is 42.8 Å². The van der Waals surface area contributed by atoms with Crippen LogP contribution in [0.4, 0.5) is 0 Å². The van der Waals surface area contributed by atoms with Gasteiger partial charge in [-0.1, -0.05) is 6.08 Å². The van der Waals surface area contributed by atoms with E-state index >= 15 is 0 Å². The molecule has 3 aliphatic rings. The van der Waals surface area contributed by atoms with Crippen LogP contribution in [0.1, 0.15) is 39.5 Å². The zero-order valence-electron chi connectivity index (χ0n) is 13.0. The summed E-state index contributed by atoms with van der Waals surface area (Å²) in [4.78, 5) is 12.4. The van der Waals surface area contributed by atoms with E-state index in [0.717, 1.165) is 0 Å². The molecule has 0 aromatic heterocycles. The van der Waals surface area contributed by atoms with E-state index in [1.165, 1.54) is 0 Å². The van der Waals surface area contributed by atoms with E-state index in [9.17, 15) is 4.79 Å². The minimum absolute atomic E-state index is 0.0506. The lowest BCUT2D eigenvalue weighted by Gasteiger charge is -2.41. The third kappa shape index (κ3) is 2.10. The van der Waals surface area contributed by atoms with Gasteiger partial charge in [0.15, 0.2) is 6.79 Å². The smallest absolute Gasteiger partial charge is 0.207 e. The van der Waals surface area contributed by atoms with Crippen molar-refractivity contribution in [1.29, 1.82) is 0 Å². The van der Waals surface area contributed by atoms with Gasteiger partial charge in [0.2, 0.25) is 5.79 Å². The average Bonchev–Trinajstić information content (AvgIpc) is 2.91. The van der Waals surface area contributed by atoms with Gasteiger partial charge < -0.3 is 18.9 Å². The molecule has 2 aliphatic heterocycles. The number of carbonyl (C=O) groups excluding carboxylic acids is 1. The second-order valence-electron chi connectivity index (χ2n) is 6.84. The molecule has 0 aromatic carbocycles. The minimum Gasteiger partial charge on any atom is -0.376 e. The molecule has 5 nitrogen and oxygen atoms in total. The van der Waals surface area contributed by atoms with Gasteiger partial charge in [0.05, 0.1) is 18.1 Å². The molecule has 0 bridgehead atoms. The fraction of sp³-hybridized carbons (Fsp3) is 0.812. The average molecular weight is 296 g/mol. The fourth-order valence-electron chi connectivity index (χ4n) is 3.78. The fourth-order valence-corrected chi connectivity index (χ4v) is 3.78. The monoisotopic (exact) mass is 296 g/mol. The molecule has 0 unspecified atom stereocenters. The molecular weight excluding hydrogens is 272 g/mol. The van der Waals surface area contributed by atoms with Crippen LogP contribution >= 0.6 is 0 Å². The van der Waals surface area contributed by atoms with Crippen LogP contribution in [0.3, 0.4) is 0 Å². The summed E-state index contributed by atoms with van der Waals surface area (Å²) in [7, 11) is 1.67. The van der Waals surface area contributed by atoms with E-state index in [1.807, 2.05) is 13.8 Å². The summed E-state index contributed by atoms with van der Waals surface area (Å²) in [5.74, 6) is -0.806. The maximum Gasteiger partial charge on any atom is 0.207 e. The van der Waals surface area contributed by atoms with Crippen molar-refractivity contribution < 1.29 is 23.7 Å². The third-order valence-electron chi connectivity index (χ3n) is 5.36. The Bertz CT molecular complexity index is 460. The molecule has 0 N–H and O–H groups in total. The van der Waals surface area contributed by atoms with Crippen molar-refractivity contribution in [2.45, 2.75) is 62.6 Å². The number of carbonyl (C=O) groups is 1. The molecular formula is C16H24O5. The lowest BCUT2D eigenvalue weighted by atomic mass is 9.70. The highest BCUT2D eigenvalue weighted by molar-refractivity contribution is 5.83. The predicted molar refractivity (Wildman–Crippen MR) is 75.6 cm³/mol. The number of rotatable bonds is 4. The molecule has 0 amide bonds. The van der Waals surface area contributed by atoms with Crippen LogP contribution in [0, 0.1) is 5.92 Å². The highest BCUT2D eigenvalue weighted by atomic mass is 16.8. The first kappa shape index (κ1) is 15.2. The van der Waals surface area contributed by atoms with Crippen molar-refractivity contribution in [1.82, 2.24) is 0 Å². The van der Waals surface area contributed by atoms with Gasteiger partial charge in [-0.2, -0.15) is 0 Å². The zero-order chi connectivity index (χ0) is 15.3. The van der Waals surface area contributed by atoms with Gasteiger partial charge in [0, 0.05) is 19.4 Å². The third-order valence-corrected chi connectivity index (χ3v) is 5.36. The first-order valence-electron chi connectivity index (χ1n) is 7.52. The molecule has 1 saturated carbocycles. The Kier molecular flexibility index (Phi) is 3.52. The second kappa shape index (κ2) is 4.88. The van der Waals surface area contributed by atoms with E-state index < -0.39 is 17.0 Å². The summed E-state index contributed by atoms with van der Waals surface area (Å²) in [6, 6.07) is 0. The lowest BCUT2D eigenvalue weighted by Crippen LogP contribution is -2.55. The lowest BCUT2D eigenvalue weighted by molar-refractivity contribution is -0.250. The molecule has 1 aliphatic carbocycles. The SMILES string of the molecule is C=CC[C@H]1C[C@@]23C[C@H](C(C)(C)OC)O[C@]2(CC1=O)OCO3.